The molecule has 0 aliphatic carbocycles. The lowest BCUT2D eigenvalue weighted by Gasteiger charge is -2.35. The average Bonchev–Trinajstić information content (AvgIpc) is 3.21. The summed E-state index contributed by atoms with van der Waals surface area (Å²) in [6.45, 7) is 3.51. The Bertz CT molecular complexity index is 649. The van der Waals surface area contributed by atoms with Gasteiger partial charge in [0.05, 0.1) is 12.6 Å². The smallest absolute Gasteiger partial charge is 0.433 e. The van der Waals surface area contributed by atoms with E-state index in [1.165, 1.54) is 12.1 Å². The monoisotopic (exact) mass is 337 g/mol. The van der Waals surface area contributed by atoms with E-state index in [0.717, 1.165) is 6.42 Å². The fourth-order valence-corrected chi connectivity index (χ4v) is 3.13. The van der Waals surface area contributed by atoms with E-state index in [-0.39, 0.29) is 29.9 Å². The zero-order valence-electron chi connectivity index (χ0n) is 13.3. The first-order valence-corrected chi connectivity index (χ1v) is 8.00. The van der Waals surface area contributed by atoms with Crippen LogP contribution < -0.4 is 0 Å². The van der Waals surface area contributed by atoms with Crippen molar-refractivity contribution in [1.82, 2.24) is 9.80 Å². The fourth-order valence-electron chi connectivity index (χ4n) is 3.13. The normalized spacial score (nSPS) is 21.9. The second-order valence-electron chi connectivity index (χ2n) is 5.98. The number of likely N-dealkylation sites (tertiary alicyclic amines) is 1. The highest BCUT2D eigenvalue weighted by Crippen LogP contribution is 2.25. The molecule has 0 spiro atoms. The van der Waals surface area contributed by atoms with Crippen molar-refractivity contribution >= 4 is 17.9 Å². The van der Waals surface area contributed by atoms with Crippen LogP contribution in [0.4, 0.5) is 10.7 Å². The lowest BCUT2D eigenvalue weighted by molar-refractivity contribution is -0.402. The Hall–Kier alpha value is -2.58. The molecule has 2 saturated heterocycles. The van der Waals surface area contributed by atoms with Gasteiger partial charge < -0.3 is 19.0 Å². The van der Waals surface area contributed by atoms with Crippen molar-refractivity contribution in [2.75, 3.05) is 19.6 Å². The molecular weight excluding hydrogens is 318 g/mol. The maximum Gasteiger partial charge on any atom is 0.433 e. The highest BCUT2D eigenvalue weighted by Gasteiger charge is 2.37. The van der Waals surface area contributed by atoms with Crippen LogP contribution in [-0.2, 0) is 4.74 Å². The molecule has 9 nitrogen and oxygen atoms in total. The number of piperidine rings is 1. The van der Waals surface area contributed by atoms with Gasteiger partial charge >= 0.3 is 12.0 Å². The summed E-state index contributed by atoms with van der Waals surface area (Å²) in [5.41, 5.74) is 0. The maximum absolute atomic E-state index is 12.3. The Labute approximate surface area is 138 Å². The Balaban J connectivity index is 1.57. The van der Waals surface area contributed by atoms with Crippen LogP contribution in [0.1, 0.15) is 36.7 Å². The van der Waals surface area contributed by atoms with Crippen molar-refractivity contribution in [2.45, 2.75) is 38.3 Å². The quantitative estimate of drug-likeness (QED) is 0.614. The summed E-state index contributed by atoms with van der Waals surface area (Å²) < 4.78 is 10.2. The van der Waals surface area contributed by atoms with Gasteiger partial charge in [0.1, 0.15) is 11.0 Å². The lowest BCUT2D eigenvalue weighted by Crippen LogP contribution is -2.47. The predicted octanol–water partition coefficient (Wildman–Crippen LogP) is 2.02. The average molecular weight is 337 g/mol. The van der Waals surface area contributed by atoms with Gasteiger partial charge in [-0.1, -0.05) is 6.92 Å². The molecule has 9 heteroatoms. The van der Waals surface area contributed by atoms with E-state index < -0.39 is 10.8 Å². The molecule has 1 unspecified atom stereocenters. The van der Waals surface area contributed by atoms with Gasteiger partial charge in [-0.25, -0.2) is 4.79 Å². The van der Waals surface area contributed by atoms with E-state index in [1.54, 1.807) is 9.80 Å². The van der Waals surface area contributed by atoms with Crippen LogP contribution in [0.15, 0.2) is 16.5 Å². The highest BCUT2D eigenvalue weighted by atomic mass is 16.6. The third-order valence-electron chi connectivity index (χ3n) is 4.53. The Kier molecular flexibility index (Phi) is 4.41. The van der Waals surface area contributed by atoms with Crippen molar-refractivity contribution in [3.63, 3.8) is 0 Å². The molecular formula is C15H19N3O6. The minimum absolute atomic E-state index is 0.0354. The summed E-state index contributed by atoms with van der Waals surface area (Å²) >= 11 is 0. The maximum atomic E-state index is 12.3. The minimum Gasteiger partial charge on any atom is -0.444 e. The number of amides is 2. The summed E-state index contributed by atoms with van der Waals surface area (Å²) in [7, 11) is 0. The second kappa shape index (κ2) is 6.50. The lowest BCUT2D eigenvalue weighted by atomic mass is 10.0. The highest BCUT2D eigenvalue weighted by molar-refractivity contribution is 5.91. The van der Waals surface area contributed by atoms with Crippen LogP contribution in [0.2, 0.25) is 0 Å². The number of hydrogen-bond donors (Lipinski definition) is 0. The molecule has 1 atom stereocenters. The molecule has 2 fully saturated rings. The van der Waals surface area contributed by atoms with Crippen molar-refractivity contribution < 1.29 is 23.7 Å². The van der Waals surface area contributed by atoms with Gasteiger partial charge in [-0.05, 0) is 25.3 Å². The molecule has 3 rings (SSSR count). The number of nitrogens with zero attached hydrogens (tertiary/aromatic N) is 3. The van der Waals surface area contributed by atoms with Crippen molar-refractivity contribution in [2.24, 2.45) is 0 Å². The molecule has 2 aliphatic rings. The van der Waals surface area contributed by atoms with E-state index in [4.69, 9.17) is 9.15 Å². The van der Waals surface area contributed by atoms with Crippen LogP contribution in [0.5, 0.6) is 0 Å². The van der Waals surface area contributed by atoms with Crippen LogP contribution in [-0.4, -0.2) is 58.5 Å². The molecule has 1 aromatic rings. The van der Waals surface area contributed by atoms with E-state index in [0.29, 0.717) is 32.5 Å². The Morgan fingerprint density at radius 2 is 2.08 bits per heavy atom. The van der Waals surface area contributed by atoms with Crippen LogP contribution in [0, 0.1) is 10.1 Å². The number of carbonyl (C=O) groups is 2. The number of carbonyl (C=O) groups excluding carboxylic acids is 2. The molecule has 0 saturated carbocycles. The molecule has 0 N–H and O–H groups in total. The molecule has 2 aliphatic heterocycles. The third kappa shape index (κ3) is 3.06. The Morgan fingerprint density at radius 1 is 1.38 bits per heavy atom. The topological polar surface area (TPSA) is 106 Å². The van der Waals surface area contributed by atoms with E-state index in [2.05, 4.69) is 0 Å². The first-order chi connectivity index (χ1) is 11.5. The summed E-state index contributed by atoms with van der Waals surface area (Å²) in [5.74, 6) is -0.845. The van der Waals surface area contributed by atoms with Crippen LogP contribution in [0.25, 0.3) is 0 Å². The SMILES string of the molecule is CCC1CN(C2CCN(C(=O)c3ccc([N+](=O)[O-])o3)CC2)C(=O)O1. The van der Waals surface area contributed by atoms with E-state index in [9.17, 15) is 19.7 Å². The number of cyclic esters (lactones) is 1. The van der Waals surface area contributed by atoms with Crippen LogP contribution >= 0.6 is 0 Å². The van der Waals surface area contributed by atoms with Crippen molar-refractivity contribution in [3.8, 4) is 0 Å². The molecule has 0 aromatic carbocycles. The number of ether oxygens (including phenoxy) is 1. The molecule has 2 amide bonds. The van der Waals surface area contributed by atoms with Gasteiger partial charge in [0, 0.05) is 19.1 Å². The van der Waals surface area contributed by atoms with Gasteiger partial charge in [0.15, 0.2) is 5.76 Å². The van der Waals surface area contributed by atoms with Crippen molar-refractivity contribution in [1.29, 1.82) is 0 Å². The van der Waals surface area contributed by atoms with Gasteiger partial charge in [-0.2, -0.15) is 0 Å². The number of nitro groups is 1. The number of furan rings is 1. The molecule has 0 radical (unpaired) electrons. The third-order valence-corrected chi connectivity index (χ3v) is 4.53. The molecule has 1 aromatic heterocycles. The molecule has 0 bridgehead atoms. The fraction of sp³-hybridized carbons (Fsp3) is 0.600. The zero-order chi connectivity index (χ0) is 17.3. The van der Waals surface area contributed by atoms with Gasteiger partial charge in [0.2, 0.25) is 0 Å². The second-order valence-corrected chi connectivity index (χ2v) is 5.98. The largest absolute Gasteiger partial charge is 0.444 e. The van der Waals surface area contributed by atoms with Gasteiger partial charge in [0.25, 0.3) is 5.91 Å². The summed E-state index contributed by atoms with van der Waals surface area (Å²) in [6.07, 6.45) is 1.76. The minimum atomic E-state index is -0.674. The van der Waals surface area contributed by atoms with E-state index in [1.807, 2.05) is 6.92 Å². The zero-order valence-corrected chi connectivity index (χ0v) is 13.3. The standard InChI is InChI=1S/C15H19N3O6/c1-2-11-9-17(15(20)23-11)10-5-7-16(8-6-10)14(19)12-3-4-13(24-12)18(21)22/h3-4,10-11H,2,5-9H2,1H3. The first-order valence-electron chi connectivity index (χ1n) is 8.00. The van der Waals surface area contributed by atoms with Crippen molar-refractivity contribution in [3.05, 3.63) is 28.0 Å². The van der Waals surface area contributed by atoms with Gasteiger partial charge in [-0.15, -0.1) is 0 Å². The van der Waals surface area contributed by atoms with E-state index >= 15 is 0 Å². The first kappa shape index (κ1) is 16.3. The molecule has 24 heavy (non-hydrogen) atoms. The number of hydrogen-bond acceptors (Lipinski definition) is 6. The number of rotatable bonds is 4. The predicted molar refractivity (Wildman–Crippen MR) is 81.6 cm³/mol. The Morgan fingerprint density at radius 3 is 2.62 bits per heavy atom. The molecule has 3 heterocycles. The summed E-state index contributed by atoms with van der Waals surface area (Å²) in [5, 5.41) is 10.6. The summed E-state index contributed by atoms with van der Waals surface area (Å²) in [4.78, 5) is 37.5. The summed E-state index contributed by atoms with van der Waals surface area (Å²) in [6, 6.07) is 2.55. The van der Waals surface area contributed by atoms with Crippen LogP contribution in [0.3, 0.4) is 0 Å². The van der Waals surface area contributed by atoms with Gasteiger partial charge in [-0.3, -0.25) is 14.9 Å². The molecule has 130 valence electrons.